The van der Waals surface area contributed by atoms with Crippen LogP contribution in [0.2, 0.25) is 0 Å². The van der Waals surface area contributed by atoms with Gasteiger partial charge in [-0.25, -0.2) is 4.39 Å². The van der Waals surface area contributed by atoms with Crippen LogP contribution in [0.25, 0.3) is 0 Å². The molecule has 7 heteroatoms. The van der Waals surface area contributed by atoms with Crippen molar-refractivity contribution in [2.24, 2.45) is 0 Å². The first-order chi connectivity index (χ1) is 14.5. The molecule has 1 saturated carbocycles. The Bertz CT molecular complexity index is 915. The van der Waals surface area contributed by atoms with Crippen molar-refractivity contribution in [1.82, 2.24) is 15.2 Å². The predicted octanol–water partition coefficient (Wildman–Crippen LogP) is 2.77. The minimum absolute atomic E-state index is 0.0885. The molecule has 158 valence electrons. The lowest BCUT2D eigenvalue weighted by Crippen LogP contribution is -2.57. The Morgan fingerprint density at radius 1 is 1.20 bits per heavy atom. The second kappa shape index (κ2) is 8.05. The van der Waals surface area contributed by atoms with Gasteiger partial charge in [0.2, 0.25) is 11.6 Å². The molecule has 2 aliphatic rings. The molecule has 2 fully saturated rings. The molecule has 1 aliphatic carbocycles. The second-order valence-electron chi connectivity index (χ2n) is 8.15. The number of amides is 2. The SMILES string of the molecule is COc1ccc(C2(C(=O)N3CCCC(F)(C(=O)NCc4cccnc4)C3)CC2)cc1. The zero-order valence-corrected chi connectivity index (χ0v) is 17.1. The number of nitrogens with zero attached hydrogens (tertiary/aromatic N) is 2. The predicted molar refractivity (Wildman–Crippen MR) is 110 cm³/mol. The van der Waals surface area contributed by atoms with Gasteiger partial charge in [-0.3, -0.25) is 14.6 Å². The van der Waals surface area contributed by atoms with Gasteiger partial charge in [0.05, 0.1) is 19.1 Å². The number of hydrogen-bond donors (Lipinski definition) is 1. The summed E-state index contributed by atoms with van der Waals surface area (Å²) in [5.74, 6) is -0.0272. The molecule has 1 unspecified atom stereocenters. The standard InChI is InChI=1S/C23H26FN3O3/c1-30-19-7-5-18(6-8-19)22(10-11-22)21(29)27-13-3-9-23(24,16-27)20(28)26-15-17-4-2-12-25-14-17/h2,4-8,12,14H,3,9-11,13,15-16H2,1H3,(H,26,28). The Morgan fingerprint density at radius 2 is 1.97 bits per heavy atom. The van der Waals surface area contributed by atoms with E-state index >= 15 is 4.39 Å². The smallest absolute Gasteiger partial charge is 0.259 e. The van der Waals surface area contributed by atoms with Crippen molar-refractivity contribution in [3.05, 3.63) is 59.9 Å². The summed E-state index contributed by atoms with van der Waals surface area (Å²) < 4.78 is 20.7. The Kier molecular flexibility index (Phi) is 5.45. The van der Waals surface area contributed by atoms with Crippen LogP contribution in [0.15, 0.2) is 48.8 Å². The van der Waals surface area contributed by atoms with Gasteiger partial charge in [0.15, 0.2) is 0 Å². The molecule has 2 amide bonds. The maximum atomic E-state index is 15.6. The fraction of sp³-hybridized carbons (Fsp3) is 0.435. The quantitative estimate of drug-likeness (QED) is 0.794. The average Bonchev–Trinajstić information content (AvgIpc) is 3.60. The van der Waals surface area contributed by atoms with Crippen molar-refractivity contribution in [3.63, 3.8) is 0 Å². The van der Waals surface area contributed by atoms with Gasteiger partial charge < -0.3 is 15.0 Å². The molecule has 0 bridgehead atoms. The highest BCUT2D eigenvalue weighted by atomic mass is 19.1. The van der Waals surface area contributed by atoms with Gasteiger partial charge in [-0.2, -0.15) is 0 Å². The number of aromatic nitrogens is 1. The van der Waals surface area contributed by atoms with Crippen LogP contribution in [0, 0.1) is 0 Å². The summed E-state index contributed by atoms with van der Waals surface area (Å²) in [6.45, 7) is 0.475. The van der Waals surface area contributed by atoms with E-state index < -0.39 is 17.0 Å². The summed E-state index contributed by atoms with van der Waals surface area (Å²) in [5.41, 5.74) is -0.956. The summed E-state index contributed by atoms with van der Waals surface area (Å²) in [5, 5.41) is 2.66. The van der Waals surface area contributed by atoms with Gasteiger partial charge in [-0.05, 0) is 55.0 Å². The van der Waals surface area contributed by atoms with Crippen LogP contribution in [0.4, 0.5) is 4.39 Å². The zero-order valence-electron chi connectivity index (χ0n) is 17.1. The van der Waals surface area contributed by atoms with E-state index in [0.717, 1.165) is 29.7 Å². The Morgan fingerprint density at radius 3 is 2.60 bits per heavy atom. The molecule has 1 N–H and O–H groups in total. The summed E-state index contributed by atoms with van der Waals surface area (Å²) in [4.78, 5) is 31.5. The third-order valence-corrected chi connectivity index (χ3v) is 6.11. The molecule has 1 aromatic heterocycles. The van der Waals surface area contributed by atoms with E-state index in [1.165, 1.54) is 4.90 Å². The number of pyridine rings is 1. The number of methoxy groups -OCH3 is 1. The number of halogens is 1. The largest absolute Gasteiger partial charge is 0.497 e. The molecule has 2 heterocycles. The Hall–Kier alpha value is -2.96. The molecule has 1 aliphatic heterocycles. The van der Waals surface area contributed by atoms with Gasteiger partial charge >= 0.3 is 0 Å². The average molecular weight is 411 g/mol. The number of rotatable bonds is 6. The number of likely N-dealkylation sites (tertiary alicyclic amines) is 1. The third-order valence-electron chi connectivity index (χ3n) is 6.11. The number of nitrogens with one attached hydrogen (secondary N) is 1. The minimum atomic E-state index is -2.08. The summed E-state index contributed by atoms with van der Waals surface area (Å²) >= 11 is 0. The maximum Gasteiger partial charge on any atom is 0.259 e. The number of carbonyl (C=O) groups is 2. The van der Waals surface area contributed by atoms with Crippen molar-refractivity contribution in [2.75, 3.05) is 20.2 Å². The molecular weight excluding hydrogens is 385 g/mol. The van der Waals surface area contributed by atoms with Crippen LogP contribution in [-0.2, 0) is 21.5 Å². The van der Waals surface area contributed by atoms with Gasteiger partial charge in [0, 0.05) is 25.5 Å². The Labute approximate surface area is 175 Å². The van der Waals surface area contributed by atoms with Crippen LogP contribution in [-0.4, -0.2) is 47.6 Å². The van der Waals surface area contributed by atoms with Crippen molar-refractivity contribution in [1.29, 1.82) is 0 Å². The molecule has 4 rings (SSSR count). The van der Waals surface area contributed by atoms with E-state index in [1.54, 1.807) is 25.6 Å². The molecule has 1 atom stereocenters. The fourth-order valence-electron chi connectivity index (χ4n) is 4.18. The lowest BCUT2D eigenvalue weighted by molar-refractivity contribution is -0.145. The Balaban J connectivity index is 1.43. The van der Waals surface area contributed by atoms with E-state index in [4.69, 9.17) is 4.74 Å². The van der Waals surface area contributed by atoms with Gasteiger partial charge in [-0.15, -0.1) is 0 Å². The van der Waals surface area contributed by atoms with Crippen molar-refractivity contribution in [3.8, 4) is 5.75 Å². The lowest BCUT2D eigenvalue weighted by atomic mass is 9.89. The highest BCUT2D eigenvalue weighted by Gasteiger charge is 2.55. The number of alkyl halides is 1. The van der Waals surface area contributed by atoms with E-state index in [9.17, 15) is 9.59 Å². The molecule has 0 spiro atoms. The topological polar surface area (TPSA) is 71.5 Å². The molecule has 6 nitrogen and oxygen atoms in total. The van der Waals surface area contributed by atoms with Crippen LogP contribution in [0.1, 0.15) is 36.8 Å². The zero-order chi connectivity index (χ0) is 21.2. The van der Waals surface area contributed by atoms with Crippen LogP contribution < -0.4 is 10.1 Å². The van der Waals surface area contributed by atoms with Crippen LogP contribution in [0.5, 0.6) is 5.75 Å². The fourth-order valence-corrected chi connectivity index (χ4v) is 4.18. The molecule has 2 aromatic rings. The number of hydrogen-bond acceptors (Lipinski definition) is 4. The third kappa shape index (κ3) is 3.88. The first-order valence-electron chi connectivity index (χ1n) is 10.3. The summed E-state index contributed by atoms with van der Waals surface area (Å²) in [7, 11) is 1.60. The normalized spacial score (nSPS) is 22.3. The van der Waals surface area contributed by atoms with Crippen LogP contribution in [0.3, 0.4) is 0 Å². The molecular formula is C23H26FN3O3. The first kappa shape index (κ1) is 20.3. The number of benzene rings is 1. The van der Waals surface area contributed by atoms with E-state index in [-0.39, 0.29) is 25.4 Å². The van der Waals surface area contributed by atoms with Crippen molar-refractivity contribution >= 4 is 11.8 Å². The minimum Gasteiger partial charge on any atom is -0.497 e. The highest BCUT2D eigenvalue weighted by Crippen LogP contribution is 2.50. The summed E-state index contributed by atoms with van der Waals surface area (Å²) in [6.07, 6.45) is 5.32. The van der Waals surface area contributed by atoms with E-state index in [1.807, 2.05) is 30.3 Å². The highest BCUT2D eigenvalue weighted by molar-refractivity contribution is 5.93. The number of piperidine rings is 1. The van der Waals surface area contributed by atoms with Crippen molar-refractivity contribution < 1.29 is 18.7 Å². The molecule has 1 aromatic carbocycles. The van der Waals surface area contributed by atoms with Gasteiger partial charge in [-0.1, -0.05) is 18.2 Å². The second-order valence-corrected chi connectivity index (χ2v) is 8.15. The molecule has 30 heavy (non-hydrogen) atoms. The molecule has 1 saturated heterocycles. The first-order valence-corrected chi connectivity index (χ1v) is 10.3. The monoisotopic (exact) mass is 411 g/mol. The van der Waals surface area contributed by atoms with E-state index in [0.29, 0.717) is 13.0 Å². The van der Waals surface area contributed by atoms with Crippen molar-refractivity contribution in [2.45, 2.75) is 43.3 Å². The van der Waals surface area contributed by atoms with E-state index in [2.05, 4.69) is 10.3 Å². The maximum absolute atomic E-state index is 15.6. The molecule has 0 radical (unpaired) electrons. The van der Waals surface area contributed by atoms with Gasteiger partial charge in [0.25, 0.3) is 5.91 Å². The lowest BCUT2D eigenvalue weighted by Gasteiger charge is -2.38. The number of ether oxygens (including phenoxy) is 1. The number of carbonyl (C=O) groups excluding carboxylic acids is 2. The summed E-state index contributed by atoms with van der Waals surface area (Å²) in [6, 6.07) is 11.1. The van der Waals surface area contributed by atoms with Gasteiger partial charge in [0.1, 0.15) is 5.75 Å². The van der Waals surface area contributed by atoms with Crippen LogP contribution >= 0.6 is 0 Å².